The van der Waals surface area contributed by atoms with Gasteiger partial charge in [-0.1, -0.05) is 60.7 Å². The second-order valence-corrected chi connectivity index (χ2v) is 17.0. The summed E-state index contributed by atoms with van der Waals surface area (Å²) in [5.41, 5.74) is -0.805. The molecule has 17 heteroatoms. The number of hydrogen-bond donors (Lipinski definition) is 3. The lowest BCUT2D eigenvalue weighted by atomic mass is 10.2. The highest BCUT2D eigenvalue weighted by atomic mass is 32.3. The van der Waals surface area contributed by atoms with Crippen LogP contribution in [0.2, 0.25) is 0 Å². The van der Waals surface area contributed by atoms with Crippen molar-refractivity contribution < 1.29 is 46.9 Å². The van der Waals surface area contributed by atoms with Gasteiger partial charge in [-0.05, 0) is 52.7 Å². The molecule has 2 aromatic carbocycles. The molecule has 16 nitrogen and oxygen atoms in total. The number of nitrogens with zero attached hydrogens (tertiary/aromatic N) is 3. The van der Waals surface area contributed by atoms with Crippen LogP contribution in [0.25, 0.3) is 0 Å². The van der Waals surface area contributed by atoms with E-state index in [2.05, 4.69) is 19.3 Å². The van der Waals surface area contributed by atoms with Crippen molar-refractivity contribution in [3.63, 3.8) is 0 Å². The van der Waals surface area contributed by atoms with Crippen LogP contribution in [0.1, 0.15) is 73.6 Å². The Balaban J connectivity index is 0.000000305. The van der Waals surface area contributed by atoms with Gasteiger partial charge >= 0.3 is 11.9 Å². The molecule has 0 aliphatic heterocycles. The lowest BCUT2D eigenvalue weighted by molar-refractivity contribution is -0.141. The summed E-state index contributed by atoms with van der Waals surface area (Å²) in [7, 11) is -2.51. The fraction of sp³-hybridized carbons (Fsp3) is 0.371. The summed E-state index contributed by atoms with van der Waals surface area (Å²) in [4.78, 5) is 58.8. The molecular formula is C35H46N4O12S. The summed E-state index contributed by atoms with van der Waals surface area (Å²) in [6, 6.07) is 18.7. The number of benzene rings is 2. The van der Waals surface area contributed by atoms with Gasteiger partial charge in [0.2, 0.25) is 11.5 Å². The molecule has 0 saturated carbocycles. The minimum atomic E-state index is -4.06. The van der Waals surface area contributed by atoms with Crippen molar-refractivity contribution in [3.05, 3.63) is 117 Å². The van der Waals surface area contributed by atoms with Crippen molar-refractivity contribution in [2.75, 3.05) is 12.5 Å². The Labute approximate surface area is 301 Å². The van der Waals surface area contributed by atoms with Crippen LogP contribution >= 0.6 is 0 Å². The molecule has 0 amide bonds. The smallest absolute Gasteiger partial charge is 0.361 e. The second kappa shape index (κ2) is 17.8. The molecule has 0 spiro atoms. The number of hydrogen-bond acceptors (Lipinski definition) is 13. The van der Waals surface area contributed by atoms with E-state index in [0.717, 1.165) is 30.0 Å². The van der Waals surface area contributed by atoms with Gasteiger partial charge in [0.15, 0.2) is 11.4 Å². The molecule has 0 aliphatic rings. The number of carbonyl (C=O) groups is 2. The van der Waals surface area contributed by atoms with Gasteiger partial charge in [-0.3, -0.25) is 14.2 Å². The van der Waals surface area contributed by atoms with Crippen molar-refractivity contribution >= 4 is 21.6 Å². The number of ether oxygens (including phenoxy) is 4. The Morgan fingerprint density at radius 1 is 0.769 bits per heavy atom. The number of aromatic nitrogens is 4. The van der Waals surface area contributed by atoms with E-state index in [4.69, 9.17) is 28.8 Å². The van der Waals surface area contributed by atoms with Crippen LogP contribution in [-0.4, -0.2) is 69.2 Å². The quantitative estimate of drug-likeness (QED) is 0.122. The lowest BCUT2D eigenvalue weighted by Crippen LogP contribution is -2.29. The summed E-state index contributed by atoms with van der Waals surface area (Å²) in [5.74, 6) is -1.62. The molecule has 0 bridgehead atoms. The minimum absolute atomic E-state index is 0.104. The number of esters is 2. The molecule has 0 fully saturated rings. The third-order valence-electron chi connectivity index (χ3n) is 5.75. The first-order valence-corrected chi connectivity index (χ1v) is 18.3. The van der Waals surface area contributed by atoms with Gasteiger partial charge in [0, 0.05) is 19.6 Å². The molecule has 0 unspecified atom stereocenters. The molecule has 0 radical (unpaired) electrons. The zero-order chi connectivity index (χ0) is 39.4. The summed E-state index contributed by atoms with van der Waals surface area (Å²) in [6.07, 6.45) is 4.22. The van der Waals surface area contributed by atoms with Gasteiger partial charge in [-0.25, -0.2) is 29.0 Å². The Hall–Kier alpha value is -5.23. The van der Waals surface area contributed by atoms with Crippen LogP contribution in [-0.2, 0) is 43.7 Å². The van der Waals surface area contributed by atoms with Gasteiger partial charge in [0.25, 0.3) is 11.1 Å². The van der Waals surface area contributed by atoms with Crippen LogP contribution in [0, 0.1) is 0 Å². The standard InChI is InChI=1S/C17H20N2O4.C16H18N2O4.C2H8O4S/c1-17(2,3)23-16(21)13-14(15(20)19(4)11-18-13)22-10-12-8-6-5-7-9-12;1-16(2,3)22-15(20)12-13(14(19)18-10-17-12)21-9-11-7-5-4-6-8-11;1-7(2,4,5)6-3/h5-9,11H,10H2,1-4H3;4-8,10H,9H2,1-3H3,(H,17,18,19);3H,1-2H3,(H,4,5). The molecule has 4 aromatic rings. The molecule has 0 aliphatic carbocycles. The molecular weight excluding hydrogens is 700 g/mol. The second-order valence-electron chi connectivity index (χ2n) is 13.5. The Morgan fingerprint density at radius 2 is 1.17 bits per heavy atom. The van der Waals surface area contributed by atoms with E-state index in [1.165, 1.54) is 10.9 Å². The van der Waals surface area contributed by atoms with E-state index >= 15 is 0 Å². The maximum absolute atomic E-state index is 12.3. The largest absolute Gasteiger partial charge is 0.481 e. The summed E-state index contributed by atoms with van der Waals surface area (Å²) < 4.78 is 44.7. The van der Waals surface area contributed by atoms with Crippen molar-refractivity contribution in [1.82, 2.24) is 19.5 Å². The van der Waals surface area contributed by atoms with Crippen LogP contribution in [0.4, 0.5) is 0 Å². The first-order chi connectivity index (χ1) is 24.0. The Morgan fingerprint density at radius 3 is 1.58 bits per heavy atom. The molecule has 52 heavy (non-hydrogen) atoms. The van der Waals surface area contributed by atoms with Crippen LogP contribution in [0.5, 0.6) is 11.5 Å². The van der Waals surface area contributed by atoms with Crippen molar-refractivity contribution in [1.29, 1.82) is 0 Å². The van der Waals surface area contributed by atoms with E-state index in [9.17, 15) is 23.4 Å². The zero-order valence-corrected chi connectivity index (χ0v) is 31.4. The maximum Gasteiger partial charge on any atom is 0.361 e. The highest BCUT2D eigenvalue weighted by Crippen LogP contribution is 2.19. The third-order valence-corrected chi connectivity index (χ3v) is 6.18. The van der Waals surface area contributed by atoms with Crippen molar-refractivity contribution in [2.24, 2.45) is 7.05 Å². The third kappa shape index (κ3) is 15.8. The number of aromatic amines is 1. The van der Waals surface area contributed by atoms with Gasteiger partial charge in [-0.15, -0.1) is 4.33 Å². The Bertz CT molecular complexity index is 1970. The normalized spacial score (nSPS) is 12.0. The van der Waals surface area contributed by atoms with Crippen LogP contribution < -0.4 is 20.6 Å². The van der Waals surface area contributed by atoms with Crippen molar-refractivity contribution in [3.8, 4) is 11.5 Å². The van der Waals surface area contributed by atoms with Gasteiger partial charge in [0.1, 0.15) is 34.0 Å². The summed E-state index contributed by atoms with van der Waals surface area (Å²) in [6.45, 7) is 10.8. The summed E-state index contributed by atoms with van der Waals surface area (Å²) >= 11 is 0. The lowest BCUT2D eigenvalue weighted by Gasteiger charge is -2.20. The van der Waals surface area contributed by atoms with E-state index in [1.807, 2.05) is 60.7 Å². The van der Waals surface area contributed by atoms with E-state index in [-0.39, 0.29) is 36.1 Å². The number of nitrogens with one attached hydrogen (secondary N) is 1. The number of aryl methyl sites for hydroxylation is 1. The fourth-order valence-electron chi connectivity index (χ4n) is 3.57. The molecule has 4 rings (SSSR count). The zero-order valence-electron chi connectivity index (χ0n) is 30.6. The van der Waals surface area contributed by atoms with Crippen LogP contribution in [0.15, 0.2) is 82.9 Å². The predicted octanol–water partition coefficient (Wildman–Crippen LogP) is 4.56. The minimum Gasteiger partial charge on any atom is -0.481 e. The maximum atomic E-state index is 12.3. The molecule has 284 valence electrons. The first-order valence-electron chi connectivity index (χ1n) is 15.6. The predicted molar refractivity (Wildman–Crippen MR) is 193 cm³/mol. The molecule has 0 saturated heterocycles. The number of H-pyrrole nitrogens is 1. The molecule has 0 atom stereocenters. The Kier molecular flexibility index (Phi) is 14.7. The van der Waals surface area contributed by atoms with Gasteiger partial charge in [-0.2, -0.15) is 0 Å². The molecule has 2 heterocycles. The number of rotatable bonds is 9. The average molecular weight is 747 g/mol. The highest BCUT2D eigenvalue weighted by molar-refractivity contribution is 8.09. The fourth-order valence-corrected chi connectivity index (χ4v) is 3.57. The number of carbonyl (C=O) groups excluding carboxylic acids is 2. The monoisotopic (exact) mass is 746 g/mol. The topological polar surface area (TPSA) is 218 Å². The van der Waals surface area contributed by atoms with E-state index < -0.39 is 43.9 Å². The van der Waals surface area contributed by atoms with Crippen molar-refractivity contribution in [2.45, 2.75) is 66.0 Å². The first kappa shape index (κ1) is 42.9. The summed E-state index contributed by atoms with van der Waals surface area (Å²) in [5, 5.41) is 7.65. The average Bonchev–Trinajstić information content (AvgIpc) is 3.04. The molecule has 3 N–H and O–H groups in total. The van der Waals surface area contributed by atoms with E-state index in [1.54, 1.807) is 48.6 Å². The SMILES string of the molecule is CC(C)(C)OC(=O)c1nc[nH]c(=O)c1OCc1ccccc1.CS(C)(=O)(O)OO.Cn1cnc(C(=O)OC(C)(C)C)c(OCc2ccccc2)c1=O. The van der Waals surface area contributed by atoms with E-state index in [0.29, 0.717) is 0 Å². The van der Waals surface area contributed by atoms with Crippen LogP contribution in [0.3, 0.4) is 0 Å². The highest BCUT2D eigenvalue weighted by Gasteiger charge is 2.26. The van der Waals surface area contributed by atoms with Gasteiger partial charge in [0.05, 0.1) is 12.7 Å². The van der Waals surface area contributed by atoms with Gasteiger partial charge < -0.3 is 28.5 Å². The molecule has 2 aromatic heterocycles.